The van der Waals surface area contributed by atoms with Crippen LogP contribution in [0, 0.1) is 5.41 Å². The average molecular weight is 350 g/mol. The Morgan fingerprint density at radius 2 is 1.96 bits per heavy atom. The number of aliphatic carboxylic acids is 1. The molecule has 0 aromatic heterocycles. The summed E-state index contributed by atoms with van der Waals surface area (Å²) in [5, 5.41) is 11.8. The number of alkyl halides is 2. The largest absolute Gasteiger partial charge is 0.481 e. The lowest BCUT2D eigenvalue weighted by molar-refractivity contribution is -0.151. The standard InChI is InChI=1S/C15H18ClF2NO4/c1-3-15(4-2,13(21)22)8-12(20)19-9-5-6-10(16)11(7-9)23-14(17)18/h5-7,14H,3-4,8H2,1-2H3,(H,19,20)(H,21,22). The highest BCUT2D eigenvalue weighted by Crippen LogP contribution is 2.33. The molecule has 0 heterocycles. The van der Waals surface area contributed by atoms with Gasteiger partial charge in [0.1, 0.15) is 5.75 Å². The zero-order valence-corrected chi connectivity index (χ0v) is 13.5. The zero-order chi connectivity index (χ0) is 17.6. The number of rotatable bonds is 8. The number of carboxylic acid groups (broad SMARTS) is 1. The van der Waals surface area contributed by atoms with Gasteiger partial charge < -0.3 is 15.2 Å². The predicted octanol–water partition coefficient (Wildman–Crippen LogP) is 4.16. The third-order valence-corrected chi connectivity index (χ3v) is 4.05. The van der Waals surface area contributed by atoms with Gasteiger partial charge in [0, 0.05) is 18.2 Å². The van der Waals surface area contributed by atoms with Crippen molar-refractivity contribution >= 4 is 29.2 Å². The van der Waals surface area contributed by atoms with Crippen LogP contribution >= 0.6 is 11.6 Å². The molecule has 0 aliphatic carbocycles. The van der Waals surface area contributed by atoms with Crippen molar-refractivity contribution < 1.29 is 28.2 Å². The SMILES string of the molecule is CCC(CC)(CC(=O)Nc1ccc(Cl)c(OC(F)F)c1)C(=O)O. The molecule has 2 N–H and O–H groups in total. The summed E-state index contributed by atoms with van der Waals surface area (Å²) in [7, 11) is 0. The van der Waals surface area contributed by atoms with Gasteiger partial charge in [-0.3, -0.25) is 9.59 Å². The molecule has 0 unspecified atom stereocenters. The van der Waals surface area contributed by atoms with E-state index in [1.165, 1.54) is 12.1 Å². The first-order chi connectivity index (χ1) is 10.7. The normalized spacial score (nSPS) is 11.4. The lowest BCUT2D eigenvalue weighted by Crippen LogP contribution is -2.34. The van der Waals surface area contributed by atoms with Gasteiger partial charge in [0.2, 0.25) is 5.91 Å². The van der Waals surface area contributed by atoms with E-state index in [2.05, 4.69) is 10.1 Å². The lowest BCUT2D eigenvalue weighted by atomic mass is 9.79. The van der Waals surface area contributed by atoms with E-state index in [1.807, 2.05) is 0 Å². The van der Waals surface area contributed by atoms with Crippen LogP contribution in [0.3, 0.4) is 0 Å². The van der Waals surface area contributed by atoms with Crippen molar-refractivity contribution in [1.29, 1.82) is 0 Å². The van der Waals surface area contributed by atoms with Gasteiger partial charge in [-0.2, -0.15) is 8.78 Å². The maximum Gasteiger partial charge on any atom is 0.387 e. The first-order valence-corrected chi connectivity index (χ1v) is 7.39. The molecule has 0 radical (unpaired) electrons. The maximum atomic E-state index is 12.3. The summed E-state index contributed by atoms with van der Waals surface area (Å²) in [5.74, 6) is -1.84. The van der Waals surface area contributed by atoms with Crippen LogP contribution in [-0.2, 0) is 9.59 Å². The third kappa shape index (κ3) is 5.06. The molecule has 128 valence electrons. The van der Waals surface area contributed by atoms with Crippen molar-refractivity contribution in [3.8, 4) is 5.75 Å². The number of nitrogens with one attached hydrogen (secondary N) is 1. The fourth-order valence-corrected chi connectivity index (χ4v) is 2.32. The second-order valence-electron chi connectivity index (χ2n) is 5.04. The molecule has 0 bridgehead atoms. The minimum atomic E-state index is -3.04. The molecule has 1 rings (SSSR count). The number of halogens is 3. The van der Waals surface area contributed by atoms with Crippen molar-refractivity contribution in [2.24, 2.45) is 5.41 Å². The molecule has 1 aromatic carbocycles. The van der Waals surface area contributed by atoms with Gasteiger partial charge in [0.15, 0.2) is 0 Å². The molecule has 1 amide bonds. The van der Waals surface area contributed by atoms with Gasteiger partial charge in [0.25, 0.3) is 0 Å². The number of carbonyl (C=O) groups is 2. The second-order valence-corrected chi connectivity index (χ2v) is 5.45. The van der Waals surface area contributed by atoms with E-state index in [4.69, 9.17) is 11.6 Å². The Bertz CT molecular complexity index is 577. The van der Waals surface area contributed by atoms with Crippen molar-refractivity contribution in [2.45, 2.75) is 39.7 Å². The van der Waals surface area contributed by atoms with Gasteiger partial charge in [-0.25, -0.2) is 0 Å². The Hall–Kier alpha value is -1.89. The van der Waals surface area contributed by atoms with E-state index < -0.39 is 23.9 Å². The number of ether oxygens (including phenoxy) is 1. The van der Waals surface area contributed by atoms with Crippen LogP contribution in [0.25, 0.3) is 0 Å². The second kappa shape index (κ2) is 8.10. The average Bonchev–Trinajstić information content (AvgIpc) is 2.47. The van der Waals surface area contributed by atoms with E-state index in [0.717, 1.165) is 6.07 Å². The Labute approximate surface area is 137 Å². The molecule has 8 heteroatoms. The van der Waals surface area contributed by atoms with Crippen LogP contribution in [0.1, 0.15) is 33.1 Å². The van der Waals surface area contributed by atoms with E-state index in [9.17, 15) is 23.5 Å². The van der Waals surface area contributed by atoms with Crippen LogP contribution in [0.5, 0.6) is 5.75 Å². The van der Waals surface area contributed by atoms with Crippen LogP contribution in [0.15, 0.2) is 18.2 Å². The van der Waals surface area contributed by atoms with Gasteiger partial charge >= 0.3 is 12.6 Å². The van der Waals surface area contributed by atoms with Crippen molar-refractivity contribution in [2.75, 3.05) is 5.32 Å². The van der Waals surface area contributed by atoms with Crippen molar-refractivity contribution in [1.82, 2.24) is 0 Å². The van der Waals surface area contributed by atoms with Crippen LogP contribution in [0.4, 0.5) is 14.5 Å². The summed E-state index contributed by atoms with van der Waals surface area (Å²) in [6.45, 7) is 0.349. The van der Waals surface area contributed by atoms with Crippen molar-refractivity contribution in [3.05, 3.63) is 23.2 Å². The Morgan fingerprint density at radius 3 is 2.43 bits per heavy atom. The monoisotopic (exact) mass is 349 g/mol. The third-order valence-electron chi connectivity index (χ3n) is 3.74. The number of carbonyl (C=O) groups excluding carboxylic acids is 1. The number of carboxylic acids is 1. The van der Waals surface area contributed by atoms with E-state index in [0.29, 0.717) is 12.8 Å². The Kier molecular flexibility index (Phi) is 6.75. The molecular formula is C15H18ClF2NO4. The molecule has 0 spiro atoms. The van der Waals surface area contributed by atoms with Gasteiger partial charge in [-0.05, 0) is 25.0 Å². The highest BCUT2D eigenvalue weighted by atomic mass is 35.5. The van der Waals surface area contributed by atoms with E-state index in [1.54, 1.807) is 13.8 Å². The molecule has 0 aliphatic heterocycles. The summed E-state index contributed by atoms with van der Waals surface area (Å²) >= 11 is 5.72. The molecular weight excluding hydrogens is 332 g/mol. The fourth-order valence-electron chi connectivity index (χ4n) is 2.16. The summed E-state index contributed by atoms with van der Waals surface area (Å²) < 4.78 is 28.8. The molecule has 0 saturated heterocycles. The van der Waals surface area contributed by atoms with Gasteiger partial charge in [0.05, 0.1) is 10.4 Å². The number of hydrogen-bond donors (Lipinski definition) is 2. The molecule has 0 atom stereocenters. The number of benzene rings is 1. The summed E-state index contributed by atoms with van der Waals surface area (Å²) in [6.07, 6.45) is 0.377. The molecule has 0 fully saturated rings. The fraction of sp³-hybridized carbons (Fsp3) is 0.467. The minimum absolute atomic E-state index is 0.0229. The first kappa shape index (κ1) is 19.2. The molecule has 23 heavy (non-hydrogen) atoms. The number of hydrogen-bond acceptors (Lipinski definition) is 3. The quantitative estimate of drug-likeness (QED) is 0.738. The minimum Gasteiger partial charge on any atom is -0.481 e. The smallest absolute Gasteiger partial charge is 0.387 e. The van der Waals surface area contributed by atoms with E-state index >= 15 is 0 Å². The molecule has 5 nitrogen and oxygen atoms in total. The molecule has 0 aliphatic rings. The highest BCUT2D eigenvalue weighted by molar-refractivity contribution is 6.32. The van der Waals surface area contributed by atoms with Crippen LogP contribution < -0.4 is 10.1 Å². The zero-order valence-electron chi connectivity index (χ0n) is 12.7. The highest BCUT2D eigenvalue weighted by Gasteiger charge is 2.37. The predicted molar refractivity (Wildman–Crippen MR) is 82.0 cm³/mol. The Morgan fingerprint density at radius 1 is 1.35 bits per heavy atom. The van der Waals surface area contributed by atoms with Gasteiger partial charge in [-0.15, -0.1) is 0 Å². The number of anilines is 1. The lowest BCUT2D eigenvalue weighted by Gasteiger charge is -2.25. The van der Waals surface area contributed by atoms with Crippen LogP contribution in [0.2, 0.25) is 5.02 Å². The first-order valence-electron chi connectivity index (χ1n) is 7.01. The molecule has 0 saturated carbocycles. The molecule has 1 aromatic rings. The summed E-state index contributed by atoms with van der Waals surface area (Å²) in [5.41, 5.74) is -0.958. The summed E-state index contributed by atoms with van der Waals surface area (Å²) in [4.78, 5) is 23.5. The number of amides is 1. The summed E-state index contributed by atoms with van der Waals surface area (Å²) in [6, 6.07) is 3.88. The van der Waals surface area contributed by atoms with Crippen molar-refractivity contribution in [3.63, 3.8) is 0 Å². The topological polar surface area (TPSA) is 75.6 Å². The maximum absolute atomic E-state index is 12.3. The van der Waals surface area contributed by atoms with Gasteiger partial charge in [-0.1, -0.05) is 25.4 Å². The Balaban J connectivity index is 2.87. The van der Waals surface area contributed by atoms with Crippen LogP contribution in [-0.4, -0.2) is 23.6 Å². The van der Waals surface area contributed by atoms with E-state index in [-0.39, 0.29) is 22.9 Å².